The number of hydrogen-bond donors (Lipinski definition) is 3. The van der Waals surface area contributed by atoms with Gasteiger partial charge in [0, 0.05) is 43.3 Å². The topological polar surface area (TPSA) is 103 Å². The summed E-state index contributed by atoms with van der Waals surface area (Å²) in [5, 5.41) is 14.8. The van der Waals surface area contributed by atoms with Gasteiger partial charge in [-0.3, -0.25) is 19.7 Å². The molecule has 182 valence electrons. The summed E-state index contributed by atoms with van der Waals surface area (Å²) in [5.41, 5.74) is 4.72. The zero-order chi connectivity index (χ0) is 24.7. The van der Waals surface area contributed by atoms with Crippen LogP contribution in [0, 0.1) is 0 Å². The molecule has 2 aromatic heterocycles. The summed E-state index contributed by atoms with van der Waals surface area (Å²) in [6, 6.07) is 19.1. The maximum Gasteiger partial charge on any atom is 0.253 e. The molecule has 0 spiro atoms. The lowest BCUT2D eigenvalue weighted by molar-refractivity contribution is -0.127. The van der Waals surface area contributed by atoms with Gasteiger partial charge in [-0.2, -0.15) is 5.10 Å². The summed E-state index contributed by atoms with van der Waals surface area (Å²) in [6.45, 7) is 2.02. The molecule has 1 saturated heterocycles. The highest BCUT2D eigenvalue weighted by molar-refractivity contribution is 6.00. The first-order chi connectivity index (χ1) is 17.7. The van der Waals surface area contributed by atoms with Crippen molar-refractivity contribution in [2.24, 2.45) is 0 Å². The molecule has 2 amide bonds. The van der Waals surface area contributed by atoms with Crippen LogP contribution in [-0.4, -0.2) is 51.5 Å². The minimum atomic E-state index is -0.143. The molecule has 0 radical (unpaired) electrons. The minimum Gasteiger partial charge on any atom is -0.355 e. The summed E-state index contributed by atoms with van der Waals surface area (Å²) >= 11 is 0. The van der Waals surface area contributed by atoms with Crippen molar-refractivity contribution >= 4 is 46.2 Å². The monoisotopic (exact) mass is 480 g/mol. The molecule has 8 heteroatoms. The Hall–Kier alpha value is -4.46. The Morgan fingerprint density at radius 3 is 2.81 bits per heavy atom. The lowest BCUT2D eigenvalue weighted by atomic mass is 10.1. The molecule has 0 aliphatic carbocycles. The van der Waals surface area contributed by atoms with Crippen LogP contribution in [0.5, 0.6) is 0 Å². The highest BCUT2D eigenvalue weighted by atomic mass is 16.2. The molecule has 1 fully saturated rings. The first-order valence-electron chi connectivity index (χ1n) is 12.2. The fourth-order valence-electron chi connectivity index (χ4n) is 4.34. The standard InChI is InChI=1S/C28H28N6O2/c35-27-10-5-17-34(27)18-6-16-30-28(36)23-8-1-2-9-24(23)31-21-11-13-22-25(32-33-26(22)19-21)14-12-20-7-3-4-15-29-20/h1-4,7-9,11-15,19,31H,5-6,10,16-18H2,(H,30,36)(H,32,33)/b14-12+. The third-order valence-corrected chi connectivity index (χ3v) is 6.20. The number of nitrogens with zero attached hydrogens (tertiary/aromatic N) is 3. The van der Waals surface area contributed by atoms with E-state index in [0.717, 1.165) is 53.1 Å². The zero-order valence-electron chi connectivity index (χ0n) is 19.9. The first kappa shape index (κ1) is 23.3. The van der Waals surface area contributed by atoms with Crippen LogP contribution in [0.1, 0.15) is 41.0 Å². The van der Waals surface area contributed by atoms with E-state index in [1.807, 2.05) is 71.6 Å². The molecule has 1 aliphatic heterocycles. The second kappa shape index (κ2) is 10.9. The van der Waals surface area contributed by atoms with E-state index >= 15 is 0 Å². The number of aromatic amines is 1. The van der Waals surface area contributed by atoms with Crippen molar-refractivity contribution in [3.63, 3.8) is 0 Å². The molecule has 2 aromatic carbocycles. The van der Waals surface area contributed by atoms with Crippen molar-refractivity contribution in [1.82, 2.24) is 25.4 Å². The Bertz CT molecular complexity index is 1400. The molecular weight excluding hydrogens is 452 g/mol. The van der Waals surface area contributed by atoms with Gasteiger partial charge in [0.1, 0.15) is 0 Å². The van der Waals surface area contributed by atoms with Gasteiger partial charge >= 0.3 is 0 Å². The Morgan fingerprint density at radius 1 is 1.08 bits per heavy atom. The largest absolute Gasteiger partial charge is 0.355 e. The molecule has 4 aromatic rings. The van der Waals surface area contributed by atoms with Gasteiger partial charge < -0.3 is 15.5 Å². The van der Waals surface area contributed by atoms with E-state index in [4.69, 9.17) is 0 Å². The van der Waals surface area contributed by atoms with Crippen molar-refractivity contribution < 1.29 is 9.59 Å². The van der Waals surface area contributed by atoms with E-state index in [1.165, 1.54) is 0 Å². The summed E-state index contributed by atoms with van der Waals surface area (Å²) in [5.74, 6) is 0.0665. The van der Waals surface area contributed by atoms with Gasteiger partial charge in [0.25, 0.3) is 5.91 Å². The first-order valence-corrected chi connectivity index (χ1v) is 12.2. The van der Waals surface area contributed by atoms with Crippen LogP contribution in [0.25, 0.3) is 23.1 Å². The lowest BCUT2D eigenvalue weighted by Crippen LogP contribution is -2.30. The number of nitrogens with one attached hydrogen (secondary N) is 3. The summed E-state index contributed by atoms with van der Waals surface area (Å²) in [7, 11) is 0. The molecule has 3 N–H and O–H groups in total. The van der Waals surface area contributed by atoms with Crippen molar-refractivity contribution in [3.05, 3.63) is 83.8 Å². The van der Waals surface area contributed by atoms with Crippen molar-refractivity contribution in [2.75, 3.05) is 25.0 Å². The number of rotatable bonds is 9. The number of fused-ring (bicyclic) bond motifs is 1. The number of para-hydroxylation sites is 1. The quantitative estimate of drug-likeness (QED) is 0.304. The SMILES string of the molecule is O=C(NCCCN1CCCC1=O)c1ccccc1Nc1ccc2c(/C=C/c3ccccn3)n[nH]c2c1. The fourth-order valence-corrected chi connectivity index (χ4v) is 4.34. The zero-order valence-corrected chi connectivity index (χ0v) is 19.9. The number of carbonyl (C=O) groups excluding carboxylic acids is 2. The van der Waals surface area contributed by atoms with Crippen LogP contribution in [0.15, 0.2) is 66.9 Å². The molecule has 3 heterocycles. The number of anilines is 2. The fraction of sp³-hybridized carbons (Fsp3) is 0.214. The van der Waals surface area contributed by atoms with Gasteiger partial charge in [0.15, 0.2) is 0 Å². The van der Waals surface area contributed by atoms with Crippen LogP contribution in [0.3, 0.4) is 0 Å². The smallest absolute Gasteiger partial charge is 0.253 e. The second-order valence-electron chi connectivity index (χ2n) is 8.72. The van der Waals surface area contributed by atoms with E-state index in [0.29, 0.717) is 25.1 Å². The second-order valence-corrected chi connectivity index (χ2v) is 8.72. The maximum atomic E-state index is 12.9. The van der Waals surface area contributed by atoms with Gasteiger partial charge in [0.05, 0.1) is 28.2 Å². The van der Waals surface area contributed by atoms with Gasteiger partial charge in [-0.25, -0.2) is 0 Å². The third-order valence-electron chi connectivity index (χ3n) is 6.20. The number of aromatic nitrogens is 3. The molecule has 0 bridgehead atoms. The predicted octanol–water partition coefficient (Wildman–Crippen LogP) is 4.61. The normalized spacial score (nSPS) is 13.6. The Kier molecular flexibility index (Phi) is 7.02. The van der Waals surface area contributed by atoms with Crippen molar-refractivity contribution in [2.45, 2.75) is 19.3 Å². The van der Waals surface area contributed by atoms with Gasteiger partial charge in [-0.1, -0.05) is 18.2 Å². The maximum absolute atomic E-state index is 12.9. The molecule has 1 aliphatic rings. The van der Waals surface area contributed by atoms with Crippen LogP contribution in [-0.2, 0) is 4.79 Å². The average molecular weight is 481 g/mol. The van der Waals surface area contributed by atoms with E-state index < -0.39 is 0 Å². The number of likely N-dealkylation sites (tertiary alicyclic amines) is 1. The highest BCUT2D eigenvalue weighted by Crippen LogP contribution is 2.26. The van der Waals surface area contributed by atoms with Gasteiger partial charge in [-0.05, 0) is 67.5 Å². The number of amides is 2. The van der Waals surface area contributed by atoms with Crippen LogP contribution < -0.4 is 10.6 Å². The molecule has 36 heavy (non-hydrogen) atoms. The van der Waals surface area contributed by atoms with E-state index in [2.05, 4.69) is 25.8 Å². The van der Waals surface area contributed by atoms with Gasteiger partial charge in [0.2, 0.25) is 5.91 Å². The van der Waals surface area contributed by atoms with Crippen LogP contribution in [0.4, 0.5) is 11.4 Å². The third kappa shape index (κ3) is 5.43. The van der Waals surface area contributed by atoms with Crippen molar-refractivity contribution in [3.8, 4) is 0 Å². The molecule has 0 atom stereocenters. The molecular formula is C28H28N6O2. The van der Waals surface area contributed by atoms with Crippen molar-refractivity contribution in [1.29, 1.82) is 0 Å². The summed E-state index contributed by atoms with van der Waals surface area (Å²) in [6.07, 6.45) is 7.93. The Morgan fingerprint density at radius 2 is 1.97 bits per heavy atom. The molecule has 8 nitrogen and oxygen atoms in total. The van der Waals surface area contributed by atoms with E-state index in [-0.39, 0.29) is 11.8 Å². The van der Waals surface area contributed by atoms with E-state index in [9.17, 15) is 9.59 Å². The Labute approximate surface area is 209 Å². The number of benzene rings is 2. The van der Waals surface area contributed by atoms with Gasteiger partial charge in [-0.15, -0.1) is 0 Å². The average Bonchev–Trinajstić information content (AvgIpc) is 3.51. The highest BCUT2D eigenvalue weighted by Gasteiger charge is 2.19. The molecule has 5 rings (SSSR count). The molecule has 0 unspecified atom stereocenters. The van der Waals surface area contributed by atoms with Crippen LogP contribution >= 0.6 is 0 Å². The lowest BCUT2D eigenvalue weighted by Gasteiger charge is -2.16. The van der Waals surface area contributed by atoms with Crippen LogP contribution in [0.2, 0.25) is 0 Å². The predicted molar refractivity (Wildman–Crippen MR) is 142 cm³/mol. The number of hydrogen-bond acceptors (Lipinski definition) is 5. The Balaban J connectivity index is 1.23. The summed E-state index contributed by atoms with van der Waals surface area (Å²) in [4.78, 5) is 30.8. The number of pyridine rings is 1. The van der Waals surface area contributed by atoms with E-state index in [1.54, 1.807) is 12.3 Å². The molecule has 0 saturated carbocycles. The number of H-pyrrole nitrogens is 1. The summed E-state index contributed by atoms with van der Waals surface area (Å²) < 4.78 is 0. The minimum absolute atomic E-state index is 0.143. The number of carbonyl (C=O) groups is 2.